The first-order valence-electron chi connectivity index (χ1n) is 14.2. The third kappa shape index (κ3) is 5.81. The summed E-state index contributed by atoms with van der Waals surface area (Å²) in [5.74, 6) is 1.38. The van der Waals surface area contributed by atoms with E-state index in [0.29, 0.717) is 24.8 Å². The van der Waals surface area contributed by atoms with Gasteiger partial charge in [0.25, 0.3) is 5.91 Å². The summed E-state index contributed by atoms with van der Waals surface area (Å²) >= 11 is 0. The Morgan fingerprint density at radius 3 is 2.75 bits per heavy atom. The van der Waals surface area contributed by atoms with Crippen LogP contribution in [0, 0.1) is 12.8 Å². The molecule has 0 saturated carbocycles. The number of phenols is 1. The summed E-state index contributed by atoms with van der Waals surface area (Å²) in [6, 6.07) is 15.4. The maximum atomic E-state index is 13.6. The third-order valence-corrected chi connectivity index (χ3v) is 7.58. The van der Waals surface area contributed by atoms with Crippen molar-refractivity contribution in [3.8, 4) is 11.5 Å². The van der Waals surface area contributed by atoms with Crippen molar-refractivity contribution >= 4 is 33.3 Å². The predicted molar refractivity (Wildman–Crippen MR) is 162 cm³/mol. The molecule has 1 aliphatic heterocycles. The third-order valence-electron chi connectivity index (χ3n) is 7.58. The lowest BCUT2D eigenvalue weighted by atomic mass is 9.97. The molecule has 0 bridgehead atoms. The second-order valence-corrected chi connectivity index (χ2v) is 12.1. The molecule has 3 aromatic carbocycles. The molecule has 212 valence electrons. The molecule has 5 rings (SSSR count). The minimum absolute atomic E-state index is 0.103. The Morgan fingerprint density at radius 2 is 1.98 bits per heavy atom. The second-order valence-electron chi connectivity index (χ2n) is 12.1. The highest BCUT2D eigenvalue weighted by molar-refractivity contribution is 6.11. The van der Waals surface area contributed by atoms with Crippen molar-refractivity contribution in [1.82, 2.24) is 9.88 Å². The van der Waals surface area contributed by atoms with Gasteiger partial charge in [-0.1, -0.05) is 32.0 Å². The Labute approximate surface area is 236 Å². The zero-order chi connectivity index (χ0) is 28.6. The fourth-order valence-corrected chi connectivity index (χ4v) is 5.70. The van der Waals surface area contributed by atoms with Gasteiger partial charge >= 0.3 is 0 Å². The maximum absolute atomic E-state index is 13.6. The number of rotatable bonds is 10. The summed E-state index contributed by atoms with van der Waals surface area (Å²) in [6.07, 6.45) is 0.760. The van der Waals surface area contributed by atoms with Crippen LogP contribution in [0.5, 0.6) is 11.5 Å². The molecule has 0 radical (unpaired) electrons. The molecular weight excluding hydrogens is 502 g/mol. The number of likely N-dealkylation sites (N-methyl/N-ethyl adjacent to an activating group) is 1. The molecule has 2 N–H and O–H groups in total. The van der Waals surface area contributed by atoms with Crippen molar-refractivity contribution in [3.05, 3.63) is 65.4 Å². The number of ether oxygens (including phenoxy) is 2. The Kier molecular flexibility index (Phi) is 7.80. The van der Waals surface area contributed by atoms with E-state index in [1.165, 1.54) is 0 Å². The standard InChI is InChI=1S/C33H41N3O4/c1-21(2)19-40-33(4,5)20-35(6)14-15-39-24-10-11-27-23(16-24)17-28(34-27)32(38)36-13-12-25-29(36)18-30(37)26-9-7-8-22(3)31(25)26/h7-11,16-18,21,34,37H,12-15,19-20H2,1-6H3. The molecule has 1 aromatic heterocycles. The van der Waals surface area contributed by atoms with Crippen LogP contribution in [-0.4, -0.2) is 66.4 Å². The fourth-order valence-electron chi connectivity index (χ4n) is 5.70. The predicted octanol–water partition coefficient (Wildman–Crippen LogP) is 6.30. The van der Waals surface area contributed by atoms with Crippen molar-refractivity contribution in [3.63, 3.8) is 0 Å². The lowest BCUT2D eigenvalue weighted by Crippen LogP contribution is -2.41. The second kappa shape index (κ2) is 11.1. The van der Waals surface area contributed by atoms with Crippen LogP contribution in [0.15, 0.2) is 48.5 Å². The smallest absolute Gasteiger partial charge is 0.274 e. The van der Waals surface area contributed by atoms with Crippen molar-refractivity contribution in [2.75, 3.05) is 44.8 Å². The number of hydrogen-bond acceptors (Lipinski definition) is 5. The van der Waals surface area contributed by atoms with E-state index in [1.807, 2.05) is 49.4 Å². The number of H-pyrrole nitrogens is 1. The summed E-state index contributed by atoms with van der Waals surface area (Å²) in [7, 11) is 2.08. The zero-order valence-corrected chi connectivity index (χ0v) is 24.5. The monoisotopic (exact) mass is 543 g/mol. The molecule has 7 heteroatoms. The van der Waals surface area contributed by atoms with Crippen LogP contribution in [-0.2, 0) is 11.2 Å². The lowest BCUT2D eigenvalue weighted by molar-refractivity contribution is -0.0482. The first-order valence-corrected chi connectivity index (χ1v) is 14.2. The van der Waals surface area contributed by atoms with Gasteiger partial charge in [0.05, 0.1) is 11.3 Å². The van der Waals surface area contributed by atoms with E-state index in [-0.39, 0.29) is 17.3 Å². The number of aryl methyl sites for hydroxylation is 1. The number of amides is 1. The van der Waals surface area contributed by atoms with E-state index in [2.05, 4.69) is 44.6 Å². The highest BCUT2D eigenvalue weighted by Crippen LogP contribution is 2.41. The Balaban J connectivity index is 1.25. The van der Waals surface area contributed by atoms with Gasteiger partial charge in [0, 0.05) is 48.6 Å². The molecule has 0 unspecified atom stereocenters. The normalized spacial score (nSPS) is 13.7. The zero-order valence-electron chi connectivity index (χ0n) is 24.5. The van der Waals surface area contributed by atoms with Gasteiger partial charge in [0.2, 0.25) is 0 Å². The number of carbonyl (C=O) groups is 1. The van der Waals surface area contributed by atoms with Crippen LogP contribution in [0.25, 0.3) is 21.7 Å². The number of nitrogens with zero attached hydrogens (tertiary/aromatic N) is 2. The molecular formula is C33H41N3O4. The van der Waals surface area contributed by atoms with E-state index in [1.54, 1.807) is 11.0 Å². The minimum Gasteiger partial charge on any atom is -0.507 e. The first kappa shape index (κ1) is 28.0. The molecule has 0 fully saturated rings. The summed E-state index contributed by atoms with van der Waals surface area (Å²) in [5.41, 5.74) is 4.19. The van der Waals surface area contributed by atoms with Gasteiger partial charge in [-0.3, -0.25) is 4.79 Å². The number of aromatic nitrogens is 1. The van der Waals surface area contributed by atoms with Gasteiger partial charge < -0.3 is 29.4 Å². The van der Waals surface area contributed by atoms with Crippen LogP contribution in [0.2, 0.25) is 0 Å². The van der Waals surface area contributed by atoms with E-state index in [4.69, 9.17) is 9.47 Å². The van der Waals surface area contributed by atoms with Crippen LogP contribution in [0.1, 0.15) is 49.3 Å². The quantitative estimate of drug-likeness (QED) is 0.245. The van der Waals surface area contributed by atoms with Crippen LogP contribution >= 0.6 is 0 Å². The Hall–Kier alpha value is -3.55. The van der Waals surface area contributed by atoms with E-state index < -0.39 is 0 Å². The first-order chi connectivity index (χ1) is 19.0. The number of fused-ring (bicyclic) bond motifs is 4. The molecule has 40 heavy (non-hydrogen) atoms. The fraction of sp³-hybridized carbons (Fsp3) is 0.424. The van der Waals surface area contributed by atoms with E-state index >= 15 is 0 Å². The van der Waals surface area contributed by atoms with Crippen molar-refractivity contribution < 1.29 is 19.4 Å². The number of anilines is 1. The van der Waals surface area contributed by atoms with Gasteiger partial charge in [-0.25, -0.2) is 0 Å². The molecule has 4 aromatic rings. The summed E-state index contributed by atoms with van der Waals surface area (Å²) < 4.78 is 12.1. The Bertz CT molecular complexity index is 1540. The van der Waals surface area contributed by atoms with Gasteiger partial charge in [0.15, 0.2) is 0 Å². The number of aromatic amines is 1. The topological polar surface area (TPSA) is 78.0 Å². The number of benzene rings is 3. The molecule has 0 saturated heterocycles. The molecule has 2 heterocycles. The number of hydrogen-bond donors (Lipinski definition) is 2. The molecule has 7 nitrogen and oxygen atoms in total. The SMILES string of the molecule is Cc1cccc2c(O)cc3c(c12)CCN3C(=O)c1cc2cc(OCCN(C)CC(C)(C)OCC(C)C)ccc2[nH]1. The van der Waals surface area contributed by atoms with Crippen LogP contribution in [0.4, 0.5) is 5.69 Å². The summed E-state index contributed by atoms with van der Waals surface area (Å²) in [6.45, 7) is 14.1. The molecule has 1 amide bonds. The average Bonchev–Trinajstić information content (AvgIpc) is 3.51. The van der Waals surface area contributed by atoms with Gasteiger partial charge in [-0.05, 0) is 80.9 Å². The lowest BCUT2D eigenvalue weighted by Gasteiger charge is -2.31. The van der Waals surface area contributed by atoms with Crippen molar-refractivity contribution in [2.45, 2.75) is 46.6 Å². The number of aromatic hydroxyl groups is 1. The highest BCUT2D eigenvalue weighted by atomic mass is 16.5. The number of phenolic OH excluding ortho intramolecular Hbond substituents is 1. The number of carbonyl (C=O) groups excluding carboxylic acids is 1. The van der Waals surface area contributed by atoms with Gasteiger partial charge in [-0.2, -0.15) is 0 Å². The summed E-state index contributed by atoms with van der Waals surface area (Å²) in [4.78, 5) is 20.9. The molecule has 0 atom stereocenters. The van der Waals surface area contributed by atoms with E-state index in [9.17, 15) is 9.90 Å². The van der Waals surface area contributed by atoms with Crippen molar-refractivity contribution in [2.24, 2.45) is 5.92 Å². The highest BCUT2D eigenvalue weighted by Gasteiger charge is 2.29. The van der Waals surface area contributed by atoms with Gasteiger partial charge in [-0.15, -0.1) is 0 Å². The largest absolute Gasteiger partial charge is 0.507 e. The van der Waals surface area contributed by atoms with Crippen molar-refractivity contribution in [1.29, 1.82) is 0 Å². The number of nitrogens with one attached hydrogen (secondary N) is 1. The average molecular weight is 544 g/mol. The van der Waals surface area contributed by atoms with Crippen LogP contribution in [0.3, 0.4) is 0 Å². The maximum Gasteiger partial charge on any atom is 0.274 e. The van der Waals surface area contributed by atoms with Crippen LogP contribution < -0.4 is 9.64 Å². The minimum atomic E-state index is -0.216. The van der Waals surface area contributed by atoms with E-state index in [0.717, 1.165) is 70.4 Å². The molecule has 0 aliphatic carbocycles. The summed E-state index contributed by atoms with van der Waals surface area (Å²) in [5, 5.41) is 13.5. The molecule has 1 aliphatic rings. The molecule has 0 spiro atoms. The van der Waals surface area contributed by atoms with Gasteiger partial charge in [0.1, 0.15) is 23.8 Å². The Morgan fingerprint density at radius 1 is 1.18 bits per heavy atom.